The van der Waals surface area contributed by atoms with E-state index in [0.717, 1.165) is 31.5 Å². The molecular weight excluding hydrogens is 420 g/mol. The number of rotatable bonds is 4. The molecule has 2 aromatic carbocycles. The third-order valence-electron chi connectivity index (χ3n) is 5.82. The summed E-state index contributed by atoms with van der Waals surface area (Å²) in [6.07, 6.45) is 5.40. The molecule has 33 heavy (non-hydrogen) atoms. The predicted octanol–water partition coefficient (Wildman–Crippen LogP) is 2.66. The van der Waals surface area contributed by atoms with Crippen molar-refractivity contribution in [2.45, 2.75) is 32.2 Å². The number of aryl methyl sites for hydroxylation is 1. The number of carbonyl (C=O) groups excluding carboxylic acids is 2. The molecule has 4 aromatic rings. The van der Waals surface area contributed by atoms with Gasteiger partial charge >= 0.3 is 0 Å². The number of nitrogens with two attached hydrogens (primary N) is 1. The van der Waals surface area contributed by atoms with E-state index in [1.165, 1.54) is 10.7 Å². The fourth-order valence-electron chi connectivity index (χ4n) is 4.12. The molecule has 2 aromatic heterocycles. The molecule has 0 saturated heterocycles. The van der Waals surface area contributed by atoms with Crippen molar-refractivity contribution in [1.29, 1.82) is 0 Å². The third-order valence-corrected chi connectivity index (χ3v) is 5.82. The van der Waals surface area contributed by atoms with Crippen LogP contribution in [-0.4, -0.2) is 31.1 Å². The first-order valence-electron chi connectivity index (χ1n) is 10.8. The van der Waals surface area contributed by atoms with Crippen LogP contribution in [0.2, 0.25) is 0 Å². The minimum Gasteiger partial charge on any atom is -0.364 e. The first-order valence-corrected chi connectivity index (χ1v) is 10.8. The molecule has 0 fully saturated rings. The summed E-state index contributed by atoms with van der Waals surface area (Å²) < 4.78 is 3.24. The quantitative estimate of drug-likeness (QED) is 0.503. The predicted molar refractivity (Wildman–Crippen MR) is 124 cm³/mol. The van der Waals surface area contributed by atoms with Gasteiger partial charge in [0.2, 0.25) is 0 Å². The Balaban J connectivity index is 1.48. The molecule has 1 aliphatic rings. The number of hydrogen-bond acceptors (Lipinski definition) is 5. The minimum atomic E-state index is -0.632. The van der Waals surface area contributed by atoms with Gasteiger partial charge in [-0.05, 0) is 49.2 Å². The number of primary amides is 1. The van der Waals surface area contributed by atoms with Crippen molar-refractivity contribution >= 4 is 28.4 Å². The van der Waals surface area contributed by atoms with Crippen LogP contribution in [0.15, 0.2) is 59.5 Å². The summed E-state index contributed by atoms with van der Waals surface area (Å²) in [4.78, 5) is 42.1. The molecule has 166 valence electrons. The molecule has 1 aliphatic heterocycles. The summed E-state index contributed by atoms with van der Waals surface area (Å²) in [5.74, 6) is -0.201. The summed E-state index contributed by atoms with van der Waals surface area (Å²) in [5.41, 5.74) is 7.37. The Morgan fingerprint density at radius 1 is 1.03 bits per heavy atom. The van der Waals surface area contributed by atoms with Gasteiger partial charge in [-0.15, -0.1) is 0 Å². The number of para-hydroxylation sites is 2. The molecule has 5 rings (SSSR count). The molecule has 3 heterocycles. The van der Waals surface area contributed by atoms with Crippen LogP contribution in [-0.2, 0) is 13.0 Å². The molecule has 0 radical (unpaired) electrons. The van der Waals surface area contributed by atoms with Crippen LogP contribution < -0.4 is 16.6 Å². The van der Waals surface area contributed by atoms with Crippen molar-refractivity contribution < 1.29 is 9.59 Å². The van der Waals surface area contributed by atoms with Crippen molar-refractivity contribution in [3.05, 3.63) is 82.2 Å². The zero-order valence-corrected chi connectivity index (χ0v) is 17.8. The monoisotopic (exact) mass is 442 g/mol. The Kier molecular flexibility index (Phi) is 5.21. The zero-order chi connectivity index (χ0) is 22.9. The number of anilines is 1. The van der Waals surface area contributed by atoms with E-state index in [9.17, 15) is 14.4 Å². The Labute approximate surface area is 188 Å². The van der Waals surface area contributed by atoms with Crippen LogP contribution in [0.4, 0.5) is 5.69 Å². The molecule has 0 aliphatic carbocycles. The van der Waals surface area contributed by atoms with Crippen LogP contribution in [0.5, 0.6) is 0 Å². The van der Waals surface area contributed by atoms with Crippen molar-refractivity contribution in [2.24, 2.45) is 5.73 Å². The molecule has 2 amide bonds. The first kappa shape index (κ1) is 20.6. The second kappa shape index (κ2) is 8.34. The van der Waals surface area contributed by atoms with E-state index in [4.69, 9.17) is 10.7 Å². The average Bonchev–Trinajstić information content (AvgIpc) is 3.19. The lowest BCUT2D eigenvalue weighted by Crippen LogP contribution is -2.24. The van der Waals surface area contributed by atoms with Gasteiger partial charge in [0.05, 0.1) is 22.3 Å². The van der Waals surface area contributed by atoms with Crippen LogP contribution >= 0.6 is 0 Å². The summed E-state index contributed by atoms with van der Waals surface area (Å²) in [5, 5.41) is 7.56. The Morgan fingerprint density at radius 2 is 1.88 bits per heavy atom. The van der Waals surface area contributed by atoms with Crippen molar-refractivity contribution in [1.82, 2.24) is 19.3 Å². The second-order valence-corrected chi connectivity index (χ2v) is 8.01. The van der Waals surface area contributed by atoms with E-state index in [1.807, 2.05) is 0 Å². The first-order chi connectivity index (χ1) is 16.0. The van der Waals surface area contributed by atoms with Crippen LogP contribution in [0, 0.1) is 0 Å². The zero-order valence-electron chi connectivity index (χ0n) is 17.8. The maximum atomic E-state index is 13.1. The fraction of sp³-hybridized carbons (Fsp3) is 0.208. The largest absolute Gasteiger partial charge is 0.364 e. The van der Waals surface area contributed by atoms with Crippen molar-refractivity contribution in [3.8, 4) is 5.69 Å². The highest BCUT2D eigenvalue weighted by Crippen LogP contribution is 2.22. The average molecular weight is 442 g/mol. The lowest BCUT2D eigenvalue weighted by atomic mass is 10.1. The third kappa shape index (κ3) is 3.89. The number of amides is 2. The molecule has 0 bridgehead atoms. The summed E-state index contributed by atoms with van der Waals surface area (Å²) in [7, 11) is 0. The highest BCUT2D eigenvalue weighted by atomic mass is 16.2. The van der Waals surface area contributed by atoms with Gasteiger partial charge in [-0.25, -0.2) is 9.67 Å². The van der Waals surface area contributed by atoms with Crippen LogP contribution in [0.3, 0.4) is 0 Å². The van der Waals surface area contributed by atoms with E-state index in [0.29, 0.717) is 34.4 Å². The number of benzene rings is 2. The van der Waals surface area contributed by atoms with Crippen molar-refractivity contribution in [2.75, 3.05) is 5.32 Å². The smallest absolute Gasteiger partial charge is 0.269 e. The second-order valence-electron chi connectivity index (χ2n) is 8.01. The van der Waals surface area contributed by atoms with Gasteiger partial charge < -0.3 is 11.1 Å². The number of hydrogen-bond donors (Lipinski definition) is 2. The molecular formula is C24H22N6O3. The lowest BCUT2D eigenvalue weighted by molar-refractivity contribution is 0.0992. The Bertz CT molecular complexity index is 1450. The van der Waals surface area contributed by atoms with Gasteiger partial charge in [0.1, 0.15) is 11.5 Å². The van der Waals surface area contributed by atoms with Gasteiger partial charge in [0.15, 0.2) is 0 Å². The van der Waals surface area contributed by atoms with E-state index < -0.39 is 5.91 Å². The summed E-state index contributed by atoms with van der Waals surface area (Å²) in [6, 6.07) is 13.6. The van der Waals surface area contributed by atoms with Crippen molar-refractivity contribution in [3.63, 3.8) is 0 Å². The highest BCUT2D eigenvalue weighted by molar-refractivity contribution is 6.07. The van der Waals surface area contributed by atoms with E-state index in [-0.39, 0.29) is 17.2 Å². The molecule has 0 atom stereocenters. The summed E-state index contributed by atoms with van der Waals surface area (Å²) >= 11 is 0. The Morgan fingerprint density at radius 3 is 2.70 bits per heavy atom. The molecule has 0 saturated carbocycles. The molecule has 9 nitrogen and oxygen atoms in total. The van der Waals surface area contributed by atoms with E-state index in [1.54, 1.807) is 53.2 Å². The number of nitrogens with one attached hydrogen (secondary N) is 1. The van der Waals surface area contributed by atoms with Gasteiger partial charge in [-0.2, -0.15) is 5.10 Å². The SMILES string of the molecule is NC(=O)c1ccn(-c2ccccc2NC(=O)c2ccc3c(=O)n4c(nc3c2)CCCCC4)n1. The van der Waals surface area contributed by atoms with Crippen LogP contribution in [0.25, 0.3) is 16.6 Å². The number of nitrogens with zero attached hydrogens (tertiary/aromatic N) is 4. The molecule has 0 unspecified atom stereocenters. The highest BCUT2D eigenvalue weighted by Gasteiger charge is 2.17. The van der Waals surface area contributed by atoms with Gasteiger partial charge in [0.25, 0.3) is 17.4 Å². The fourth-order valence-corrected chi connectivity index (χ4v) is 4.12. The number of aromatic nitrogens is 4. The summed E-state index contributed by atoms with van der Waals surface area (Å²) in [6.45, 7) is 0.682. The topological polar surface area (TPSA) is 125 Å². The molecule has 0 spiro atoms. The van der Waals surface area contributed by atoms with Gasteiger partial charge in [0, 0.05) is 24.7 Å². The minimum absolute atomic E-state index is 0.0573. The number of fused-ring (bicyclic) bond motifs is 2. The van der Waals surface area contributed by atoms with E-state index in [2.05, 4.69) is 10.4 Å². The van der Waals surface area contributed by atoms with E-state index >= 15 is 0 Å². The maximum Gasteiger partial charge on any atom is 0.269 e. The molecule has 9 heteroatoms. The maximum absolute atomic E-state index is 13.1. The van der Waals surface area contributed by atoms with Gasteiger partial charge in [-0.1, -0.05) is 18.6 Å². The lowest BCUT2D eigenvalue weighted by Gasteiger charge is -2.12. The van der Waals surface area contributed by atoms with Gasteiger partial charge in [-0.3, -0.25) is 19.0 Å². The Hall–Kier alpha value is -4.27. The number of carbonyl (C=O) groups is 2. The normalized spacial score (nSPS) is 13.3. The standard InChI is InChI=1S/C24H22N6O3/c25-22(31)18-11-13-30(28-18)20-7-4-3-6-17(20)27-23(32)15-9-10-16-19(14-15)26-21-8-2-1-5-12-29(21)24(16)33/h3-4,6-7,9-11,13-14H,1-2,5,8,12H2,(H2,25,31)(H,27,32). The molecule has 3 N–H and O–H groups in total. The van der Waals surface area contributed by atoms with Crippen LogP contribution in [0.1, 0.15) is 45.9 Å².